The molecular weight excluding hydrogens is 470 g/mol. The summed E-state index contributed by atoms with van der Waals surface area (Å²) in [6, 6.07) is 29.3. The van der Waals surface area contributed by atoms with Gasteiger partial charge in [0.25, 0.3) is 11.8 Å². The fourth-order valence-corrected chi connectivity index (χ4v) is 7.80. The van der Waals surface area contributed by atoms with Gasteiger partial charge in [-0.15, -0.1) is 0 Å². The minimum absolute atomic E-state index is 0.172. The quantitative estimate of drug-likeness (QED) is 0.454. The molecule has 3 aromatic carbocycles. The molecule has 6 rings (SSSR count). The lowest BCUT2D eigenvalue weighted by atomic mass is 9.69. The highest BCUT2D eigenvalue weighted by molar-refractivity contribution is 7.98. The highest BCUT2D eigenvalue weighted by atomic mass is 32.2. The molecule has 3 aliphatic rings. The van der Waals surface area contributed by atoms with Crippen LogP contribution in [0.5, 0.6) is 0 Å². The zero-order valence-corrected chi connectivity index (χ0v) is 20.7. The van der Waals surface area contributed by atoms with Crippen LogP contribution in [0.3, 0.4) is 0 Å². The number of nitrogens with one attached hydrogen (secondary N) is 3. The van der Waals surface area contributed by atoms with E-state index in [4.69, 9.17) is 0 Å². The number of barbiturate groups is 1. The average Bonchev–Trinajstić information content (AvgIpc) is 3.47. The molecule has 1 spiro atoms. The van der Waals surface area contributed by atoms with Crippen molar-refractivity contribution in [2.45, 2.75) is 34.7 Å². The lowest BCUT2D eigenvalue weighted by Gasteiger charge is -2.40. The normalized spacial score (nSPS) is 30.0. The van der Waals surface area contributed by atoms with Crippen LogP contribution in [0, 0.1) is 0 Å². The standard InChI is InChI=1S/C29H27N3O3S/c1-36-18-17-22-27(20-13-7-3-8-14-20)23(19-11-5-2-6-12-19)28(27,21-15-9-4-10-16-21)29(32-22)24(33)30-26(35)31-25(29)34/h2-16,22-23,32H,17-18H2,1H3,(H2,30,31,33,34,35)/t22-,23-,27-,28+/m1/s1. The maximum Gasteiger partial charge on any atom is 0.328 e. The third-order valence-electron chi connectivity index (χ3n) is 8.35. The highest BCUT2D eigenvalue weighted by Crippen LogP contribution is 2.83. The Hall–Kier alpha value is -3.42. The first kappa shape index (κ1) is 23.0. The summed E-state index contributed by atoms with van der Waals surface area (Å²) in [5, 5.41) is 8.42. The van der Waals surface area contributed by atoms with Crippen LogP contribution in [-0.2, 0) is 20.4 Å². The number of carbonyl (C=O) groups is 3. The van der Waals surface area contributed by atoms with Crippen LogP contribution in [0.25, 0.3) is 0 Å². The molecule has 4 atom stereocenters. The van der Waals surface area contributed by atoms with Crippen molar-refractivity contribution < 1.29 is 14.4 Å². The van der Waals surface area contributed by atoms with E-state index in [0.717, 1.165) is 28.9 Å². The molecule has 36 heavy (non-hydrogen) atoms. The molecule has 0 aromatic heterocycles. The fraction of sp³-hybridized carbons (Fsp3) is 0.276. The Balaban J connectivity index is 1.73. The van der Waals surface area contributed by atoms with Gasteiger partial charge in [-0.2, -0.15) is 11.8 Å². The van der Waals surface area contributed by atoms with Crippen molar-refractivity contribution in [1.29, 1.82) is 0 Å². The molecule has 1 saturated carbocycles. The number of benzene rings is 3. The van der Waals surface area contributed by atoms with Crippen molar-refractivity contribution in [2.75, 3.05) is 12.0 Å². The number of hydrogen-bond acceptors (Lipinski definition) is 5. The third-order valence-corrected chi connectivity index (χ3v) is 8.99. The number of imide groups is 2. The first-order chi connectivity index (χ1) is 17.5. The van der Waals surface area contributed by atoms with Crippen LogP contribution in [0.15, 0.2) is 91.0 Å². The summed E-state index contributed by atoms with van der Waals surface area (Å²) in [6.07, 6.45) is 2.81. The van der Waals surface area contributed by atoms with E-state index in [1.807, 2.05) is 66.7 Å². The predicted molar refractivity (Wildman–Crippen MR) is 140 cm³/mol. The highest BCUT2D eigenvalue weighted by Gasteiger charge is 2.94. The van der Waals surface area contributed by atoms with Gasteiger partial charge in [0, 0.05) is 17.4 Å². The number of amides is 4. The Morgan fingerprint density at radius 3 is 1.83 bits per heavy atom. The van der Waals surface area contributed by atoms with Gasteiger partial charge in [-0.25, -0.2) is 4.79 Å². The second-order valence-corrected chi connectivity index (χ2v) is 10.7. The number of thioether (sulfide) groups is 1. The molecule has 3 N–H and O–H groups in total. The molecule has 3 aromatic rings. The van der Waals surface area contributed by atoms with E-state index in [1.54, 1.807) is 11.8 Å². The smallest absolute Gasteiger partial charge is 0.291 e. The van der Waals surface area contributed by atoms with Gasteiger partial charge in [-0.05, 0) is 35.1 Å². The molecule has 3 fully saturated rings. The maximum absolute atomic E-state index is 14.0. The summed E-state index contributed by atoms with van der Waals surface area (Å²) in [5.74, 6) is -0.499. The first-order valence-corrected chi connectivity index (χ1v) is 13.5. The van der Waals surface area contributed by atoms with E-state index in [2.05, 4.69) is 46.5 Å². The number of rotatable bonds is 6. The molecule has 2 aliphatic heterocycles. The van der Waals surface area contributed by atoms with Gasteiger partial charge in [0.15, 0.2) is 5.54 Å². The molecule has 7 heteroatoms. The van der Waals surface area contributed by atoms with Crippen LogP contribution >= 0.6 is 11.8 Å². The Morgan fingerprint density at radius 2 is 1.28 bits per heavy atom. The first-order valence-electron chi connectivity index (χ1n) is 12.1. The van der Waals surface area contributed by atoms with Crippen LogP contribution in [-0.4, -0.2) is 41.4 Å². The predicted octanol–water partition coefficient (Wildman–Crippen LogP) is 3.49. The average molecular weight is 498 g/mol. The number of carbonyl (C=O) groups excluding carboxylic acids is 3. The Bertz CT molecular complexity index is 1310. The zero-order valence-electron chi connectivity index (χ0n) is 19.9. The molecule has 6 nitrogen and oxygen atoms in total. The van der Waals surface area contributed by atoms with Crippen LogP contribution < -0.4 is 16.0 Å². The van der Waals surface area contributed by atoms with Gasteiger partial charge in [0.1, 0.15) is 0 Å². The lowest BCUT2D eigenvalue weighted by Crippen LogP contribution is -2.76. The van der Waals surface area contributed by atoms with E-state index in [-0.39, 0.29) is 12.0 Å². The summed E-state index contributed by atoms with van der Waals surface area (Å²) >= 11 is 1.74. The van der Waals surface area contributed by atoms with Crippen molar-refractivity contribution in [3.8, 4) is 0 Å². The van der Waals surface area contributed by atoms with Gasteiger partial charge < -0.3 is 0 Å². The number of urea groups is 1. The molecule has 0 radical (unpaired) electrons. The topological polar surface area (TPSA) is 87.3 Å². The molecule has 182 valence electrons. The number of piperidine rings is 1. The second kappa shape index (κ2) is 8.32. The molecule has 0 unspecified atom stereocenters. The van der Waals surface area contributed by atoms with E-state index in [0.29, 0.717) is 0 Å². The second-order valence-electron chi connectivity index (χ2n) is 9.72. The molecule has 0 bridgehead atoms. The van der Waals surface area contributed by atoms with Crippen LogP contribution in [0.4, 0.5) is 4.79 Å². The minimum Gasteiger partial charge on any atom is -0.291 e. The minimum atomic E-state index is -1.66. The van der Waals surface area contributed by atoms with Gasteiger partial charge in [0.2, 0.25) is 0 Å². The molecule has 2 heterocycles. The van der Waals surface area contributed by atoms with Crippen LogP contribution in [0.2, 0.25) is 0 Å². The van der Waals surface area contributed by atoms with Gasteiger partial charge in [-0.3, -0.25) is 25.5 Å². The number of hydrogen-bond donors (Lipinski definition) is 3. The SMILES string of the molecule is CSCC[C@H]1NC2(C(=O)NC(=O)NC2=O)[C@@]2(c3ccccc3)[C@H](c3ccccc3)[C@@]12c1ccccc1. The maximum atomic E-state index is 14.0. The van der Waals surface area contributed by atoms with E-state index < -0.39 is 34.2 Å². The molecule has 4 amide bonds. The third kappa shape index (κ3) is 2.70. The Labute approximate surface area is 214 Å². The monoisotopic (exact) mass is 497 g/mol. The number of fused-ring (bicyclic) bond motifs is 2. The van der Waals surface area contributed by atoms with Gasteiger partial charge in [-0.1, -0.05) is 91.0 Å². The van der Waals surface area contributed by atoms with E-state index in [1.165, 1.54) is 0 Å². The van der Waals surface area contributed by atoms with Crippen molar-refractivity contribution >= 4 is 29.6 Å². The largest absolute Gasteiger partial charge is 0.328 e. The summed E-state index contributed by atoms with van der Waals surface area (Å²) in [6.45, 7) is 0. The summed E-state index contributed by atoms with van der Waals surface area (Å²) < 4.78 is 0. The van der Waals surface area contributed by atoms with Crippen LogP contribution in [0.1, 0.15) is 29.0 Å². The Morgan fingerprint density at radius 1 is 0.750 bits per heavy atom. The Kier molecular flexibility index (Phi) is 5.32. The molecular formula is C29H27N3O3S. The zero-order chi connectivity index (χ0) is 25.0. The van der Waals surface area contributed by atoms with Crippen molar-refractivity contribution in [2.24, 2.45) is 0 Å². The molecule has 2 saturated heterocycles. The molecule has 1 aliphatic carbocycles. The van der Waals surface area contributed by atoms with Crippen molar-refractivity contribution in [3.05, 3.63) is 108 Å². The fourth-order valence-electron chi connectivity index (χ4n) is 7.33. The van der Waals surface area contributed by atoms with Gasteiger partial charge >= 0.3 is 6.03 Å². The summed E-state index contributed by atoms with van der Waals surface area (Å²) in [4.78, 5) is 40.2. The summed E-state index contributed by atoms with van der Waals surface area (Å²) in [5.41, 5.74) is -0.166. The van der Waals surface area contributed by atoms with Crippen molar-refractivity contribution in [3.63, 3.8) is 0 Å². The van der Waals surface area contributed by atoms with Gasteiger partial charge in [0.05, 0.1) is 5.41 Å². The van der Waals surface area contributed by atoms with Crippen molar-refractivity contribution in [1.82, 2.24) is 16.0 Å². The van der Waals surface area contributed by atoms with E-state index in [9.17, 15) is 14.4 Å². The summed E-state index contributed by atoms with van der Waals surface area (Å²) in [7, 11) is 0. The van der Waals surface area contributed by atoms with E-state index >= 15 is 0 Å². The lowest BCUT2D eigenvalue weighted by molar-refractivity contribution is -0.141.